The van der Waals surface area contributed by atoms with Gasteiger partial charge in [0.15, 0.2) is 0 Å². The molecular formula is C12H14BrF2NO2S. The molecule has 0 aliphatic rings. The smallest absolute Gasteiger partial charge is 0.255 e. The fourth-order valence-corrected chi connectivity index (χ4v) is 2.44. The zero-order chi connectivity index (χ0) is 14.3. The van der Waals surface area contributed by atoms with Gasteiger partial charge in [0.05, 0.1) is 18.9 Å². The molecule has 0 radical (unpaired) electrons. The van der Waals surface area contributed by atoms with E-state index < -0.39 is 18.9 Å². The molecule has 0 saturated heterocycles. The van der Waals surface area contributed by atoms with Crippen LogP contribution in [0.4, 0.5) is 8.78 Å². The topological polar surface area (TPSA) is 40.5 Å². The standard InChI is InChI=1S/C12H14BrF2NO2S/c13-9-1-3-10(4-2-9)19-8-12(18)16(5-6-17)7-11(14)15/h1-4,11,17H,5-8H2. The molecule has 0 aromatic heterocycles. The number of hydrogen-bond donors (Lipinski definition) is 1. The zero-order valence-electron chi connectivity index (χ0n) is 10.1. The quantitative estimate of drug-likeness (QED) is 0.766. The van der Waals surface area contributed by atoms with E-state index in [1.54, 1.807) is 0 Å². The van der Waals surface area contributed by atoms with Crippen molar-refractivity contribution in [2.24, 2.45) is 0 Å². The summed E-state index contributed by atoms with van der Waals surface area (Å²) in [4.78, 5) is 13.6. The molecule has 7 heteroatoms. The predicted octanol–water partition coefficient (Wildman–Crippen LogP) is 2.63. The highest BCUT2D eigenvalue weighted by atomic mass is 79.9. The second-order valence-corrected chi connectivity index (χ2v) is 5.66. The van der Waals surface area contributed by atoms with Gasteiger partial charge in [-0.25, -0.2) is 8.78 Å². The van der Waals surface area contributed by atoms with E-state index in [1.807, 2.05) is 24.3 Å². The third kappa shape index (κ3) is 6.35. The lowest BCUT2D eigenvalue weighted by Crippen LogP contribution is -2.38. The molecule has 3 nitrogen and oxygen atoms in total. The van der Waals surface area contributed by atoms with Gasteiger partial charge in [-0.2, -0.15) is 0 Å². The van der Waals surface area contributed by atoms with E-state index in [-0.39, 0.29) is 18.9 Å². The van der Waals surface area contributed by atoms with Gasteiger partial charge in [-0.1, -0.05) is 15.9 Å². The fourth-order valence-electron chi connectivity index (χ4n) is 1.37. The van der Waals surface area contributed by atoms with Crippen molar-refractivity contribution in [3.8, 4) is 0 Å². The van der Waals surface area contributed by atoms with Crippen molar-refractivity contribution in [3.63, 3.8) is 0 Å². The van der Waals surface area contributed by atoms with Crippen molar-refractivity contribution >= 4 is 33.6 Å². The maximum atomic E-state index is 12.3. The highest BCUT2D eigenvalue weighted by Gasteiger charge is 2.17. The molecule has 1 amide bonds. The van der Waals surface area contributed by atoms with Crippen molar-refractivity contribution in [2.75, 3.05) is 25.4 Å². The van der Waals surface area contributed by atoms with Crippen LogP contribution in [0.1, 0.15) is 0 Å². The largest absolute Gasteiger partial charge is 0.395 e. The predicted molar refractivity (Wildman–Crippen MR) is 74.5 cm³/mol. The van der Waals surface area contributed by atoms with Crippen LogP contribution in [0.2, 0.25) is 0 Å². The van der Waals surface area contributed by atoms with Crippen molar-refractivity contribution in [2.45, 2.75) is 11.3 Å². The third-order valence-corrected chi connectivity index (χ3v) is 3.78. The second-order valence-electron chi connectivity index (χ2n) is 3.70. The van der Waals surface area contributed by atoms with Gasteiger partial charge < -0.3 is 10.0 Å². The molecule has 19 heavy (non-hydrogen) atoms. The third-order valence-electron chi connectivity index (χ3n) is 2.26. The summed E-state index contributed by atoms with van der Waals surface area (Å²) >= 11 is 4.58. The van der Waals surface area contributed by atoms with Crippen LogP contribution in [0.5, 0.6) is 0 Å². The average Bonchev–Trinajstić information content (AvgIpc) is 2.37. The normalized spacial score (nSPS) is 10.8. The van der Waals surface area contributed by atoms with Crippen LogP contribution < -0.4 is 0 Å². The molecule has 0 aliphatic carbocycles. The van der Waals surface area contributed by atoms with Crippen molar-refractivity contribution in [1.82, 2.24) is 4.90 Å². The minimum Gasteiger partial charge on any atom is -0.395 e. The lowest BCUT2D eigenvalue weighted by atomic mass is 10.4. The second kappa shape index (κ2) is 8.50. The Morgan fingerprint density at radius 1 is 1.37 bits per heavy atom. The fraction of sp³-hybridized carbons (Fsp3) is 0.417. The number of aliphatic hydroxyl groups excluding tert-OH is 1. The molecule has 0 spiro atoms. The van der Waals surface area contributed by atoms with E-state index >= 15 is 0 Å². The van der Waals surface area contributed by atoms with Gasteiger partial charge in [0.2, 0.25) is 5.91 Å². The Balaban J connectivity index is 2.49. The highest BCUT2D eigenvalue weighted by molar-refractivity contribution is 9.10. The molecule has 0 unspecified atom stereocenters. The number of rotatable bonds is 7. The monoisotopic (exact) mass is 353 g/mol. The van der Waals surface area contributed by atoms with Crippen molar-refractivity contribution in [3.05, 3.63) is 28.7 Å². The summed E-state index contributed by atoms with van der Waals surface area (Å²) in [5.41, 5.74) is 0. The molecule has 1 aromatic rings. The first-order valence-corrected chi connectivity index (χ1v) is 7.36. The Kier molecular flexibility index (Phi) is 7.33. The first kappa shape index (κ1) is 16.4. The van der Waals surface area contributed by atoms with Crippen LogP contribution in [-0.2, 0) is 4.79 Å². The summed E-state index contributed by atoms with van der Waals surface area (Å²) in [5, 5.41) is 8.76. The summed E-state index contributed by atoms with van der Waals surface area (Å²) in [5.74, 6) is -0.323. The van der Waals surface area contributed by atoms with Gasteiger partial charge in [0, 0.05) is 15.9 Å². The Labute approximate surface area is 123 Å². The Morgan fingerprint density at radius 3 is 2.53 bits per heavy atom. The Hall–Kier alpha value is -0.660. The first-order chi connectivity index (χ1) is 9.02. The lowest BCUT2D eigenvalue weighted by Gasteiger charge is -2.21. The van der Waals surface area contributed by atoms with Gasteiger partial charge in [-0.3, -0.25) is 4.79 Å². The SMILES string of the molecule is O=C(CSc1ccc(Br)cc1)N(CCO)CC(F)F. The maximum absolute atomic E-state index is 12.3. The summed E-state index contributed by atoms with van der Waals surface area (Å²) in [6.07, 6.45) is -2.59. The molecule has 1 N–H and O–H groups in total. The first-order valence-electron chi connectivity index (χ1n) is 5.58. The molecule has 0 atom stereocenters. The number of alkyl halides is 2. The van der Waals surface area contributed by atoms with Crippen LogP contribution in [0.3, 0.4) is 0 Å². The number of amides is 1. The number of benzene rings is 1. The van der Waals surface area contributed by atoms with Gasteiger partial charge in [-0.05, 0) is 24.3 Å². The minimum atomic E-state index is -2.59. The van der Waals surface area contributed by atoms with Crippen LogP contribution in [0, 0.1) is 0 Å². The van der Waals surface area contributed by atoms with Crippen LogP contribution >= 0.6 is 27.7 Å². The number of hydrogen-bond acceptors (Lipinski definition) is 3. The summed E-state index contributed by atoms with van der Waals surface area (Å²) in [7, 11) is 0. The van der Waals surface area contributed by atoms with E-state index in [0.717, 1.165) is 14.3 Å². The summed E-state index contributed by atoms with van der Waals surface area (Å²) in [6, 6.07) is 7.37. The van der Waals surface area contributed by atoms with Crippen molar-refractivity contribution in [1.29, 1.82) is 0 Å². The molecule has 0 aliphatic heterocycles. The number of nitrogens with zero attached hydrogens (tertiary/aromatic N) is 1. The zero-order valence-corrected chi connectivity index (χ0v) is 12.5. The molecule has 0 heterocycles. The van der Waals surface area contributed by atoms with E-state index in [1.165, 1.54) is 11.8 Å². The van der Waals surface area contributed by atoms with Gasteiger partial charge in [0.1, 0.15) is 0 Å². The number of aliphatic hydroxyl groups is 1. The molecule has 1 rings (SSSR count). The van der Waals surface area contributed by atoms with Crippen molar-refractivity contribution < 1.29 is 18.7 Å². The molecular weight excluding hydrogens is 340 g/mol. The van der Waals surface area contributed by atoms with Gasteiger partial charge in [0.25, 0.3) is 6.43 Å². The number of thioether (sulfide) groups is 1. The maximum Gasteiger partial charge on any atom is 0.255 e. The van der Waals surface area contributed by atoms with E-state index in [9.17, 15) is 13.6 Å². The molecule has 0 saturated carbocycles. The van der Waals surface area contributed by atoms with Gasteiger partial charge in [-0.15, -0.1) is 11.8 Å². The van der Waals surface area contributed by atoms with E-state index in [0.29, 0.717) is 0 Å². The summed E-state index contributed by atoms with van der Waals surface area (Å²) in [6.45, 7) is -1.02. The molecule has 0 bridgehead atoms. The molecule has 0 fully saturated rings. The summed E-state index contributed by atoms with van der Waals surface area (Å²) < 4.78 is 25.5. The van der Waals surface area contributed by atoms with Gasteiger partial charge >= 0.3 is 0 Å². The average molecular weight is 354 g/mol. The highest BCUT2D eigenvalue weighted by Crippen LogP contribution is 2.21. The Morgan fingerprint density at radius 2 is 2.00 bits per heavy atom. The number of carbonyl (C=O) groups is 1. The lowest BCUT2D eigenvalue weighted by molar-refractivity contribution is -0.130. The van der Waals surface area contributed by atoms with E-state index in [2.05, 4.69) is 15.9 Å². The minimum absolute atomic E-state index is 0.0654. The van der Waals surface area contributed by atoms with Crippen LogP contribution in [0.25, 0.3) is 0 Å². The number of halogens is 3. The van der Waals surface area contributed by atoms with E-state index in [4.69, 9.17) is 5.11 Å². The molecule has 106 valence electrons. The Bertz CT molecular complexity index is 403. The van der Waals surface area contributed by atoms with Crippen LogP contribution in [0.15, 0.2) is 33.6 Å². The van der Waals surface area contributed by atoms with Crippen LogP contribution in [-0.4, -0.2) is 47.8 Å². The molecule has 1 aromatic carbocycles. The number of carbonyl (C=O) groups excluding carboxylic acids is 1.